The number of hydrogen-bond acceptors (Lipinski definition) is 5. The van der Waals surface area contributed by atoms with Gasteiger partial charge in [0, 0.05) is 42.7 Å². The summed E-state index contributed by atoms with van der Waals surface area (Å²) in [6.45, 7) is 6.61. The Morgan fingerprint density at radius 3 is 2.88 bits per heavy atom. The predicted octanol–water partition coefficient (Wildman–Crippen LogP) is 1.52. The van der Waals surface area contributed by atoms with Crippen molar-refractivity contribution in [1.82, 2.24) is 29.7 Å². The zero-order valence-corrected chi connectivity index (χ0v) is 13.8. The lowest BCUT2D eigenvalue weighted by atomic mass is 10.2. The molecule has 0 saturated heterocycles. The number of aromatic amines is 1. The first-order valence-corrected chi connectivity index (χ1v) is 7.77. The van der Waals surface area contributed by atoms with Crippen LogP contribution in [0, 0.1) is 11.3 Å². The third kappa shape index (κ3) is 2.94. The third-order valence-corrected chi connectivity index (χ3v) is 3.91. The van der Waals surface area contributed by atoms with E-state index in [4.69, 9.17) is 5.26 Å². The summed E-state index contributed by atoms with van der Waals surface area (Å²) in [4.78, 5) is 16.5. The fraction of sp³-hybridized carbons (Fsp3) is 0.375. The van der Waals surface area contributed by atoms with E-state index in [0.29, 0.717) is 29.5 Å². The lowest BCUT2D eigenvalue weighted by Gasteiger charge is -2.12. The van der Waals surface area contributed by atoms with Crippen LogP contribution in [0.4, 0.5) is 0 Å². The summed E-state index contributed by atoms with van der Waals surface area (Å²) in [5, 5.41) is 19.5. The summed E-state index contributed by atoms with van der Waals surface area (Å²) in [6, 6.07) is 3.87. The van der Waals surface area contributed by atoms with Gasteiger partial charge in [0.1, 0.15) is 11.6 Å². The molecule has 0 radical (unpaired) electrons. The summed E-state index contributed by atoms with van der Waals surface area (Å²) >= 11 is 0. The minimum atomic E-state index is -0.237. The van der Waals surface area contributed by atoms with Crippen LogP contribution in [0.15, 0.2) is 29.5 Å². The van der Waals surface area contributed by atoms with E-state index in [-0.39, 0.29) is 11.6 Å². The predicted molar refractivity (Wildman–Crippen MR) is 88.4 cm³/mol. The van der Waals surface area contributed by atoms with E-state index in [1.165, 1.54) is 16.8 Å². The molecule has 8 nitrogen and oxygen atoms in total. The molecule has 3 aromatic heterocycles. The number of rotatable bonds is 5. The SMILES string of the molecule is CC(NCc1cc(=O)n2[nH]cc(C#N)c2n1)c1cnn(C(C)C)c1. The highest BCUT2D eigenvalue weighted by molar-refractivity contribution is 5.53. The highest BCUT2D eigenvalue weighted by Gasteiger charge is 2.12. The fourth-order valence-electron chi connectivity index (χ4n) is 2.44. The largest absolute Gasteiger partial charge is 0.304 e. The maximum atomic E-state index is 12.1. The van der Waals surface area contributed by atoms with Crippen LogP contribution in [0.2, 0.25) is 0 Å². The van der Waals surface area contributed by atoms with Gasteiger partial charge in [0.25, 0.3) is 5.56 Å². The molecule has 0 spiro atoms. The van der Waals surface area contributed by atoms with Gasteiger partial charge in [-0.15, -0.1) is 0 Å². The van der Waals surface area contributed by atoms with Crippen molar-refractivity contribution in [2.24, 2.45) is 0 Å². The summed E-state index contributed by atoms with van der Waals surface area (Å²) in [5.74, 6) is 0. The molecular formula is C16H19N7O. The molecule has 3 heterocycles. The maximum Gasteiger partial charge on any atom is 0.272 e. The van der Waals surface area contributed by atoms with E-state index in [2.05, 4.69) is 34.3 Å². The normalized spacial score (nSPS) is 12.6. The standard InChI is InChI=1S/C16H19N7O/c1-10(2)22-9-13(7-19-22)11(3)18-8-14-4-15(24)23-16(21-14)12(5-17)6-20-23/h4,6-7,9-11,18,20H,8H2,1-3H3. The summed E-state index contributed by atoms with van der Waals surface area (Å²) in [7, 11) is 0. The molecule has 0 amide bonds. The monoisotopic (exact) mass is 325 g/mol. The topological polar surface area (TPSA) is 104 Å². The molecule has 124 valence electrons. The highest BCUT2D eigenvalue weighted by Crippen LogP contribution is 2.14. The Labute approximate surface area is 138 Å². The smallest absolute Gasteiger partial charge is 0.272 e. The van der Waals surface area contributed by atoms with Crippen molar-refractivity contribution in [3.8, 4) is 6.07 Å². The molecule has 0 saturated carbocycles. The molecule has 8 heteroatoms. The first-order valence-electron chi connectivity index (χ1n) is 7.77. The van der Waals surface area contributed by atoms with E-state index in [1.807, 2.05) is 30.1 Å². The lowest BCUT2D eigenvalue weighted by molar-refractivity contribution is 0.528. The second-order valence-corrected chi connectivity index (χ2v) is 5.99. The first-order chi connectivity index (χ1) is 11.5. The van der Waals surface area contributed by atoms with E-state index in [0.717, 1.165) is 5.56 Å². The molecule has 1 unspecified atom stereocenters. The van der Waals surface area contributed by atoms with Crippen LogP contribution in [0.5, 0.6) is 0 Å². The molecule has 2 N–H and O–H groups in total. The van der Waals surface area contributed by atoms with Crippen LogP contribution < -0.4 is 10.9 Å². The Hall–Kier alpha value is -2.92. The van der Waals surface area contributed by atoms with Crippen LogP contribution >= 0.6 is 0 Å². The Kier molecular flexibility index (Phi) is 4.18. The average Bonchev–Trinajstić information content (AvgIpc) is 3.19. The Morgan fingerprint density at radius 2 is 2.21 bits per heavy atom. The molecular weight excluding hydrogens is 306 g/mol. The van der Waals surface area contributed by atoms with Gasteiger partial charge >= 0.3 is 0 Å². The van der Waals surface area contributed by atoms with Gasteiger partial charge in [-0.25, -0.2) is 9.50 Å². The molecule has 0 aromatic carbocycles. The number of nitriles is 1. The molecule has 0 fully saturated rings. The second kappa shape index (κ2) is 6.29. The second-order valence-electron chi connectivity index (χ2n) is 5.99. The van der Waals surface area contributed by atoms with Crippen molar-refractivity contribution >= 4 is 5.65 Å². The van der Waals surface area contributed by atoms with E-state index in [9.17, 15) is 4.79 Å². The van der Waals surface area contributed by atoms with E-state index in [1.54, 1.807) is 0 Å². The molecule has 3 aromatic rings. The van der Waals surface area contributed by atoms with Gasteiger partial charge in [0.2, 0.25) is 0 Å². The zero-order chi connectivity index (χ0) is 17.3. The number of H-pyrrole nitrogens is 1. The molecule has 3 rings (SSSR count). The number of nitrogens with one attached hydrogen (secondary N) is 2. The number of hydrogen-bond donors (Lipinski definition) is 2. The molecule has 0 aliphatic heterocycles. The quantitative estimate of drug-likeness (QED) is 0.740. The first kappa shape index (κ1) is 16.0. The Bertz CT molecular complexity index is 957. The van der Waals surface area contributed by atoms with Crippen LogP contribution in [0.25, 0.3) is 5.65 Å². The van der Waals surface area contributed by atoms with Crippen molar-refractivity contribution < 1.29 is 0 Å². The van der Waals surface area contributed by atoms with E-state index >= 15 is 0 Å². The van der Waals surface area contributed by atoms with Crippen molar-refractivity contribution in [2.75, 3.05) is 0 Å². The Balaban J connectivity index is 1.77. The summed E-state index contributed by atoms with van der Waals surface area (Å²) < 4.78 is 3.17. The van der Waals surface area contributed by atoms with Crippen molar-refractivity contribution in [3.63, 3.8) is 0 Å². The zero-order valence-electron chi connectivity index (χ0n) is 13.8. The molecule has 0 bridgehead atoms. The minimum absolute atomic E-state index is 0.0689. The van der Waals surface area contributed by atoms with Crippen LogP contribution in [-0.4, -0.2) is 24.4 Å². The van der Waals surface area contributed by atoms with E-state index < -0.39 is 0 Å². The van der Waals surface area contributed by atoms with Gasteiger partial charge in [0.15, 0.2) is 5.65 Å². The van der Waals surface area contributed by atoms with Gasteiger partial charge in [-0.3, -0.25) is 14.6 Å². The average molecular weight is 325 g/mol. The van der Waals surface area contributed by atoms with Crippen LogP contribution in [0.1, 0.15) is 49.7 Å². The highest BCUT2D eigenvalue weighted by atomic mass is 16.1. The molecule has 0 aliphatic carbocycles. The van der Waals surface area contributed by atoms with Crippen LogP contribution in [-0.2, 0) is 6.54 Å². The van der Waals surface area contributed by atoms with Gasteiger partial charge in [0.05, 0.1) is 11.9 Å². The van der Waals surface area contributed by atoms with Crippen molar-refractivity contribution in [1.29, 1.82) is 5.26 Å². The number of aromatic nitrogens is 5. The lowest BCUT2D eigenvalue weighted by Crippen LogP contribution is -2.22. The fourth-order valence-corrected chi connectivity index (χ4v) is 2.44. The minimum Gasteiger partial charge on any atom is -0.304 e. The Morgan fingerprint density at radius 1 is 1.42 bits per heavy atom. The number of fused-ring (bicyclic) bond motifs is 1. The third-order valence-electron chi connectivity index (χ3n) is 3.91. The van der Waals surface area contributed by atoms with Gasteiger partial charge < -0.3 is 5.32 Å². The molecule has 0 aliphatic rings. The van der Waals surface area contributed by atoms with Gasteiger partial charge in [-0.2, -0.15) is 10.4 Å². The van der Waals surface area contributed by atoms with Crippen molar-refractivity contribution in [2.45, 2.75) is 39.4 Å². The molecule has 24 heavy (non-hydrogen) atoms. The number of nitrogens with zero attached hydrogens (tertiary/aromatic N) is 5. The molecule has 1 atom stereocenters. The van der Waals surface area contributed by atoms with Gasteiger partial charge in [-0.1, -0.05) is 0 Å². The maximum absolute atomic E-state index is 12.1. The summed E-state index contributed by atoms with van der Waals surface area (Å²) in [6.07, 6.45) is 5.32. The van der Waals surface area contributed by atoms with Crippen LogP contribution in [0.3, 0.4) is 0 Å². The van der Waals surface area contributed by atoms with Crippen molar-refractivity contribution in [3.05, 3.63) is 51.8 Å². The summed E-state index contributed by atoms with van der Waals surface area (Å²) in [5.41, 5.74) is 2.13. The van der Waals surface area contributed by atoms with Gasteiger partial charge in [-0.05, 0) is 20.8 Å².